The Balaban J connectivity index is 1.85. The first kappa shape index (κ1) is 74.0. The summed E-state index contributed by atoms with van der Waals surface area (Å²) in [6.07, 6.45) is 3.33. The Kier molecular flexibility index (Phi) is 31.3. The number of benzene rings is 1. The van der Waals surface area contributed by atoms with Gasteiger partial charge in [-0.1, -0.05) is 131 Å². The van der Waals surface area contributed by atoms with Gasteiger partial charge >= 0.3 is 5.97 Å². The van der Waals surface area contributed by atoms with Gasteiger partial charge in [0, 0.05) is 6.42 Å². The maximum Gasteiger partial charge on any atom is 0.329 e. The minimum absolute atomic E-state index is 0.241. The number of aliphatic hydroxyl groups is 2. The normalized spacial score (nSPS) is 22.5. The molecule has 15 N–H and O–H groups in total. The Labute approximate surface area is 510 Å². The van der Waals surface area contributed by atoms with E-state index in [0.29, 0.717) is 32.1 Å². The Morgan fingerprint density at radius 1 is 0.586 bits per heavy atom. The molecule has 0 aromatic heterocycles. The van der Waals surface area contributed by atoms with Gasteiger partial charge in [-0.2, -0.15) is 0 Å². The number of cyclic esters (lactones) is 1. The third-order valence-electron chi connectivity index (χ3n) is 16.8. The highest BCUT2D eigenvalue weighted by atomic mass is 16.5. The summed E-state index contributed by atoms with van der Waals surface area (Å²) >= 11 is 0. The van der Waals surface area contributed by atoms with Crippen molar-refractivity contribution >= 4 is 70.9 Å². The van der Waals surface area contributed by atoms with E-state index in [1.54, 1.807) is 62.4 Å². The third-order valence-corrected chi connectivity index (χ3v) is 16.8. The van der Waals surface area contributed by atoms with Crippen molar-refractivity contribution in [2.24, 2.45) is 35.3 Å². The molecule has 1 aromatic rings. The molecule has 0 spiro atoms. The zero-order valence-corrected chi connectivity index (χ0v) is 52.4. The van der Waals surface area contributed by atoms with E-state index >= 15 is 0 Å². The van der Waals surface area contributed by atoms with E-state index in [2.05, 4.69) is 58.5 Å². The van der Waals surface area contributed by atoms with E-state index in [9.17, 15) is 67.7 Å². The first-order chi connectivity index (χ1) is 41.2. The monoisotopic (exact) mass is 1230 g/mol. The Morgan fingerprint density at radius 2 is 1.06 bits per heavy atom. The van der Waals surface area contributed by atoms with Crippen molar-refractivity contribution in [2.45, 2.75) is 219 Å². The molecule has 488 valence electrons. The van der Waals surface area contributed by atoms with Gasteiger partial charge in [0.15, 0.2) is 0 Å². The van der Waals surface area contributed by atoms with Crippen LogP contribution in [0.1, 0.15) is 145 Å². The number of hydrogen-bond donors (Lipinski definition) is 14. The molecule has 0 bridgehead atoms. The molecule has 1 aliphatic heterocycles. The van der Waals surface area contributed by atoms with Crippen LogP contribution in [0.3, 0.4) is 0 Å². The van der Waals surface area contributed by atoms with Gasteiger partial charge in [-0.15, -0.1) is 0 Å². The molecule has 87 heavy (non-hydrogen) atoms. The predicted octanol–water partition coefficient (Wildman–Crippen LogP) is -1.35. The molecule has 16 atom stereocenters. The molecule has 27 nitrogen and oxygen atoms in total. The average Bonchev–Trinajstić information content (AvgIpc) is 2.98. The number of nitrogens with two attached hydrogens (primary N) is 1. The fraction of sp³-hybridized carbons (Fsp3) is 0.700. The number of primary amides is 1. The Hall–Kier alpha value is -7.26. The van der Waals surface area contributed by atoms with E-state index in [1.165, 1.54) is 13.8 Å². The fourth-order valence-electron chi connectivity index (χ4n) is 10.2. The van der Waals surface area contributed by atoms with Crippen LogP contribution in [-0.4, -0.2) is 174 Å². The zero-order valence-electron chi connectivity index (χ0n) is 52.4. The quantitative estimate of drug-likeness (QED) is 0.0382. The van der Waals surface area contributed by atoms with Crippen LogP contribution in [0.5, 0.6) is 0 Å². The highest BCUT2D eigenvalue weighted by Gasteiger charge is 2.42. The average molecular weight is 1230 g/mol. The molecule has 1 aliphatic carbocycles. The molecular formula is C60H98N12O15. The maximum absolute atomic E-state index is 14.4. The van der Waals surface area contributed by atoms with Gasteiger partial charge in [-0.05, 0) is 81.7 Å². The smallest absolute Gasteiger partial charge is 0.329 e. The van der Waals surface area contributed by atoms with Crippen molar-refractivity contribution in [3.8, 4) is 0 Å². The largest absolute Gasteiger partial charge is 0.458 e. The molecule has 1 aromatic carbocycles. The summed E-state index contributed by atoms with van der Waals surface area (Å²) in [4.78, 5) is 166. The van der Waals surface area contributed by atoms with Gasteiger partial charge in [0.2, 0.25) is 65.0 Å². The highest BCUT2D eigenvalue weighted by molar-refractivity contribution is 5.99. The molecule has 1 heterocycles. The van der Waals surface area contributed by atoms with E-state index in [-0.39, 0.29) is 18.8 Å². The number of hydrogen-bond acceptors (Lipinski definition) is 16. The van der Waals surface area contributed by atoms with Crippen LogP contribution >= 0.6 is 0 Å². The molecule has 0 unspecified atom stereocenters. The van der Waals surface area contributed by atoms with E-state index in [1.807, 2.05) is 30.3 Å². The van der Waals surface area contributed by atoms with Crippen LogP contribution in [0.4, 0.5) is 0 Å². The topological polar surface area (TPSA) is 413 Å². The molecule has 2 fully saturated rings. The van der Waals surface area contributed by atoms with Crippen LogP contribution in [-0.2, 0) is 68.7 Å². The van der Waals surface area contributed by atoms with Gasteiger partial charge in [0.25, 0.3) is 0 Å². The van der Waals surface area contributed by atoms with Crippen LogP contribution in [0.15, 0.2) is 30.3 Å². The summed E-state index contributed by atoms with van der Waals surface area (Å²) in [6.45, 7) is 14.4. The van der Waals surface area contributed by atoms with Crippen molar-refractivity contribution in [2.75, 3.05) is 20.3 Å². The van der Waals surface area contributed by atoms with Gasteiger partial charge in [-0.25, -0.2) is 4.79 Å². The lowest BCUT2D eigenvalue weighted by atomic mass is 9.83. The molecule has 2 aliphatic rings. The van der Waals surface area contributed by atoms with E-state index in [4.69, 9.17) is 10.5 Å². The molecule has 1 saturated carbocycles. The summed E-state index contributed by atoms with van der Waals surface area (Å²) in [5.74, 6) is -12.9. The second-order valence-corrected chi connectivity index (χ2v) is 23.3. The van der Waals surface area contributed by atoms with Crippen molar-refractivity contribution in [3.63, 3.8) is 0 Å². The SMILES string of the molecule is CC[C@H](C)[C@H](NC(=O)[C@@H](Cc1ccccc1)NC)C(=O)N[C@@H](CO)C(=O)N[C@H](CCC(N)=O)C(=O)N[C@@H](C(=O)N[C@H](C(=O)N[C@@H](CO)C(=O)N[C@H]1C(=O)N[C@@H](C)C(=O)N[C@@H](C2CCCCC2)C(=O)N[C@@H]([C@@H](C)CC)C(=O)O[C@H]1C)[C@@H](C)CC)[C@@H](C)CC. The molecule has 0 radical (unpaired) electrons. The number of rotatable bonds is 31. The standard InChI is InChI=1S/C60H98N12O15/c1-12-31(5)44(68-52(78)40(62-11)28-37-22-18-16-19-23-37)55(81)65-41(29-73)53(79)64-39(26-27-43(61)75)51(77)67-46(33(7)14-3)57(83)69-45(32(6)13-2)56(82)66-42(30-74)54(80)71-48-36(10)87-60(86)47(34(8)15-4)70-59(85)49(38-24-20-17-21-25-38)72-50(76)35(9)63-58(48)84/h16,18-19,22-23,31-36,38-42,44-49,62,73-74H,12-15,17,20-21,24-30H2,1-11H3,(H2,61,75)(H,63,84)(H,64,79)(H,65,81)(H,66,82)(H,67,77)(H,68,78)(H,69,83)(H,70,85)(H,71,80)(H,72,76)/t31-,32-,33-,34-,35-,36-,39+,40+,41-,42-,44-,45-,46+,47-,48+,49-/m0/s1. The van der Waals surface area contributed by atoms with Gasteiger partial charge in [0.1, 0.15) is 66.5 Å². The van der Waals surface area contributed by atoms with Crippen molar-refractivity contribution in [3.05, 3.63) is 35.9 Å². The third kappa shape index (κ3) is 22.4. The summed E-state index contributed by atoms with van der Waals surface area (Å²) in [5, 5.41) is 49.8. The first-order valence-corrected chi connectivity index (χ1v) is 30.7. The van der Waals surface area contributed by atoms with E-state index in [0.717, 1.165) is 24.8 Å². The molecular weight excluding hydrogens is 1130 g/mol. The van der Waals surface area contributed by atoms with E-state index < -0.39 is 193 Å². The fourth-order valence-corrected chi connectivity index (χ4v) is 10.2. The summed E-state index contributed by atoms with van der Waals surface area (Å²) in [5.41, 5.74) is 6.32. The lowest BCUT2D eigenvalue weighted by molar-refractivity contribution is -0.157. The maximum atomic E-state index is 14.4. The molecule has 27 heteroatoms. The van der Waals surface area contributed by atoms with Gasteiger partial charge in [0.05, 0.1) is 19.3 Å². The number of nitrogens with one attached hydrogen (secondary N) is 11. The Bertz CT molecular complexity index is 2500. The second-order valence-electron chi connectivity index (χ2n) is 23.3. The number of esters is 1. The van der Waals surface area contributed by atoms with Gasteiger partial charge < -0.3 is 79.2 Å². The number of ether oxygens (including phenoxy) is 1. The van der Waals surface area contributed by atoms with Crippen LogP contribution in [0.25, 0.3) is 0 Å². The summed E-state index contributed by atoms with van der Waals surface area (Å²) in [7, 11) is 1.60. The summed E-state index contributed by atoms with van der Waals surface area (Å²) < 4.78 is 5.77. The number of amides is 11. The molecule has 3 rings (SSSR count). The van der Waals surface area contributed by atoms with Crippen LogP contribution in [0.2, 0.25) is 0 Å². The number of aliphatic hydroxyl groups excluding tert-OH is 2. The van der Waals surface area contributed by atoms with Crippen molar-refractivity contribution < 1.29 is 72.5 Å². The lowest BCUT2D eigenvalue weighted by Gasteiger charge is -2.32. The molecule has 11 amide bonds. The van der Waals surface area contributed by atoms with Crippen molar-refractivity contribution in [1.82, 2.24) is 58.5 Å². The first-order valence-electron chi connectivity index (χ1n) is 30.7. The molecule has 1 saturated heterocycles. The number of carbonyl (C=O) groups excluding carboxylic acids is 12. The second kappa shape index (κ2) is 36.8. The van der Waals surface area contributed by atoms with Gasteiger partial charge in [-0.3, -0.25) is 52.7 Å². The predicted molar refractivity (Wildman–Crippen MR) is 321 cm³/mol. The zero-order chi connectivity index (χ0) is 65.2. The lowest BCUT2D eigenvalue weighted by Crippen LogP contribution is -2.63. The minimum Gasteiger partial charge on any atom is -0.458 e. The van der Waals surface area contributed by atoms with Crippen LogP contribution < -0.4 is 64.2 Å². The van der Waals surface area contributed by atoms with Crippen LogP contribution in [0, 0.1) is 29.6 Å². The highest BCUT2D eigenvalue weighted by Crippen LogP contribution is 2.28. The Morgan fingerprint density at radius 3 is 1.54 bits per heavy atom. The summed E-state index contributed by atoms with van der Waals surface area (Å²) in [6, 6.07) is -5.87. The minimum atomic E-state index is -1.80. The number of likely N-dealkylation sites (N-methyl/N-ethyl adjacent to an activating group) is 1. The number of carbonyl (C=O) groups is 12. The van der Waals surface area contributed by atoms with Crippen molar-refractivity contribution in [1.29, 1.82) is 0 Å².